The van der Waals surface area contributed by atoms with E-state index in [0.717, 1.165) is 32.8 Å². The smallest absolute Gasteiger partial charge is 0.248 e. The van der Waals surface area contributed by atoms with E-state index >= 15 is 0 Å². The van der Waals surface area contributed by atoms with Crippen molar-refractivity contribution in [2.75, 3.05) is 43.5 Å². The summed E-state index contributed by atoms with van der Waals surface area (Å²) in [5, 5.41) is 22.3. The van der Waals surface area contributed by atoms with E-state index in [-0.39, 0.29) is 65.7 Å². The molecule has 402 valence electrons. The van der Waals surface area contributed by atoms with Crippen LogP contribution < -0.4 is 26.0 Å². The molecular formula is C54H68ClN9O9S2. The van der Waals surface area contributed by atoms with Crippen LogP contribution in [0, 0.1) is 19.3 Å². The number of likely N-dealkylation sites (tertiary alicyclic amines) is 2. The number of nitrogens with zero attached hydrogens (tertiary/aromatic N) is 5. The van der Waals surface area contributed by atoms with E-state index in [0.29, 0.717) is 43.1 Å². The lowest BCUT2D eigenvalue weighted by Crippen LogP contribution is -2.58. The summed E-state index contributed by atoms with van der Waals surface area (Å²) in [4.78, 5) is 72.0. The molecule has 21 heteroatoms. The molecule has 4 heterocycles. The molecule has 3 atom stereocenters. The van der Waals surface area contributed by atoms with Crippen LogP contribution in [0.15, 0.2) is 77.3 Å². The molecule has 2 saturated heterocycles. The molecule has 0 unspecified atom stereocenters. The molecule has 18 nitrogen and oxygen atoms in total. The number of hydrogen-bond acceptors (Lipinski definition) is 15. The summed E-state index contributed by atoms with van der Waals surface area (Å²) in [7, 11) is -3.62. The van der Waals surface area contributed by atoms with Gasteiger partial charge in [-0.1, -0.05) is 68.8 Å². The third kappa shape index (κ3) is 14.0. The Morgan fingerprint density at radius 2 is 1.64 bits per heavy atom. The first-order chi connectivity index (χ1) is 35.5. The van der Waals surface area contributed by atoms with Crippen molar-refractivity contribution in [1.82, 2.24) is 35.4 Å². The SMILES string of the molecule is Cc1cc(Nc2ncc(Cl)c(Nc3ccccc3S(=O)(=O)C(C)C)n2)c(OC(C)C)cc1C1CCN(C(=O)COCC(=O)N[C@H](C(=O)N2C[C@H](O)C[C@H]2C(=O)NCc2ccc(-c3scnc3C)cc2)C(C)(C)C)CC1. The van der Waals surface area contributed by atoms with E-state index in [9.17, 15) is 32.7 Å². The van der Waals surface area contributed by atoms with Gasteiger partial charge >= 0.3 is 0 Å². The Morgan fingerprint density at radius 1 is 0.933 bits per heavy atom. The van der Waals surface area contributed by atoms with Crippen molar-refractivity contribution in [2.45, 2.75) is 128 Å². The summed E-state index contributed by atoms with van der Waals surface area (Å²) >= 11 is 8.08. The number of para-hydroxylation sites is 1. The lowest BCUT2D eigenvalue weighted by atomic mass is 9.85. The number of hydrogen-bond donors (Lipinski definition) is 5. The fourth-order valence-electron chi connectivity index (χ4n) is 9.17. The van der Waals surface area contributed by atoms with Crippen LogP contribution in [-0.4, -0.2) is 124 Å². The van der Waals surface area contributed by atoms with Crippen LogP contribution in [0.1, 0.15) is 96.0 Å². The van der Waals surface area contributed by atoms with Crippen molar-refractivity contribution in [2.24, 2.45) is 5.41 Å². The van der Waals surface area contributed by atoms with Gasteiger partial charge in [-0.2, -0.15) is 4.98 Å². The molecule has 2 aliphatic rings. The van der Waals surface area contributed by atoms with E-state index in [4.69, 9.17) is 21.1 Å². The molecule has 2 aliphatic heterocycles. The molecule has 0 spiro atoms. The van der Waals surface area contributed by atoms with Crippen molar-refractivity contribution < 1.29 is 42.2 Å². The molecule has 0 aliphatic carbocycles. The quantitative estimate of drug-likeness (QED) is 0.0530. The van der Waals surface area contributed by atoms with Crippen molar-refractivity contribution in [3.8, 4) is 16.2 Å². The van der Waals surface area contributed by atoms with Gasteiger partial charge in [0.1, 0.15) is 36.1 Å². The number of aryl methyl sites for hydroxylation is 2. The Labute approximate surface area is 448 Å². The van der Waals surface area contributed by atoms with Gasteiger partial charge in [0.05, 0.1) is 56.0 Å². The highest BCUT2D eigenvalue weighted by Crippen LogP contribution is 2.39. The van der Waals surface area contributed by atoms with Crippen LogP contribution in [0.2, 0.25) is 5.02 Å². The van der Waals surface area contributed by atoms with E-state index in [1.54, 1.807) is 80.6 Å². The normalized spacial score (nSPS) is 16.8. The summed E-state index contributed by atoms with van der Waals surface area (Å²) in [5.74, 6) is -0.664. The molecule has 0 bridgehead atoms. The number of aliphatic hydroxyl groups excluding tert-OH is 1. The zero-order chi connectivity index (χ0) is 54.4. The van der Waals surface area contributed by atoms with Crippen LogP contribution in [-0.2, 0) is 40.3 Å². The lowest BCUT2D eigenvalue weighted by molar-refractivity contribution is -0.145. The molecule has 0 radical (unpaired) electrons. The van der Waals surface area contributed by atoms with Crippen molar-refractivity contribution >= 4 is 79.5 Å². The van der Waals surface area contributed by atoms with Gasteiger partial charge in [-0.25, -0.2) is 18.4 Å². The number of amides is 4. The predicted molar refractivity (Wildman–Crippen MR) is 290 cm³/mol. The molecule has 75 heavy (non-hydrogen) atoms. The maximum atomic E-state index is 14.1. The van der Waals surface area contributed by atoms with Crippen molar-refractivity contribution in [3.05, 3.63) is 99.8 Å². The number of ether oxygens (including phenoxy) is 2. The number of piperidine rings is 1. The van der Waals surface area contributed by atoms with Crippen LogP contribution in [0.4, 0.5) is 23.1 Å². The first-order valence-corrected chi connectivity index (χ1v) is 27.9. The number of carbonyl (C=O) groups is 4. The summed E-state index contributed by atoms with van der Waals surface area (Å²) in [6.07, 6.45) is 1.74. The van der Waals surface area contributed by atoms with Gasteiger partial charge in [0, 0.05) is 32.6 Å². The zero-order valence-corrected chi connectivity index (χ0v) is 46.3. The average Bonchev–Trinajstić information content (AvgIpc) is 3.98. The topological polar surface area (TPSA) is 234 Å². The van der Waals surface area contributed by atoms with Crippen molar-refractivity contribution in [3.63, 3.8) is 0 Å². The van der Waals surface area contributed by atoms with E-state index in [1.807, 2.05) is 64.1 Å². The van der Waals surface area contributed by atoms with Crippen LogP contribution in [0.3, 0.4) is 0 Å². The fourth-order valence-corrected chi connectivity index (χ4v) is 11.3. The molecule has 5 N–H and O–H groups in total. The number of rotatable bonds is 19. The minimum absolute atomic E-state index is 0.0572. The molecular weight excluding hydrogens is 1020 g/mol. The molecule has 7 rings (SSSR count). The van der Waals surface area contributed by atoms with Gasteiger partial charge < -0.3 is 45.6 Å². The average molecular weight is 1090 g/mol. The minimum atomic E-state index is -3.62. The Bertz CT molecular complexity index is 2970. The van der Waals surface area contributed by atoms with E-state index in [2.05, 4.69) is 36.2 Å². The number of sulfone groups is 1. The van der Waals surface area contributed by atoms with Gasteiger partial charge in [-0.05, 0) is 112 Å². The highest BCUT2D eigenvalue weighted by atomic mass is 35.5. The second kappa shape index (κ2) is 24.2. The van der Waals surface area contributed by atoms with Crippen LogP contribution >= 0.6 is 22.9 Å². The van der Waals surface area contributed by atoms with Crippen molar-refractivity contribution in [1.29, 1.82) is 0 Å². The van der Waals surface area contributed by atoms with E-state index in [1.165, 1.54) is 11.1 Å². The zero-order valence-electron chi connectivity index (χ0n) is 43.9. The van der Waals surface area contributed by atoms with Gasteiger partial charge in [0.2, 0.25) is 29.6 Å². The highest BCUT2D eigenvalue weighted by Gasteiger charge is 2.44. The summed E-state index contributed by atoms with van der Waals surface area (Å²) in [6.45, 7) is 16.7. The minimum Gasteiger partial charge on any atom is -0.489 e. The maximum absolute atomic E-state index is 14.1. The Hall–Kier alpha value is -6.19. The summed E-state index contributed by atoms with van der Waals surface area (Å²) in [6, 6.07) is 16.4. The Balaban J connectivity index is 0.911. The molecule has 0 saturated carbocycles. The maximum Gasteiger partial charge on any atom is 0.248 e. The second-order valence-electron chi connectivity index (χ2n) is 20.7. The number of carbonyl (C=O) groups excluding carboxylic acids is 4. The number of β-amino-alcohol motifs (C(OH)–C–C–N with tert-alkyl or cyclic N) is 1. The van der Waals surface area contributed by atoms with E-state index < -0.39 is 63.0 Å². The summed E-state index contributed by atoms with van der Waals surface area (Å²) in [5.41, 5.74) is 6.88. The second-order valence-corrected chi connectivity index (χ2v) is 24.4. The first-order valence-electron chi connectivity index (χ1n) is 25.1. The molecule has 3 aromatic carbocycles. The van der Waals surface area contributed by atoms with Gasteiger partial charge in [-0.15, -0.1) is 11.3 Å². The lowest BCUT2D eigenvalue weighted by Gasteiger charge is -2.35. The van der Waals surface area contributed by atoms with Crippen LogP contribution in [0.25, 0.3) is 10.4 Å². The van der Waals surface area contributed by atoms with Crippen LogP contribution in [0.5, 0.6) is 5.75 Å². The number of nitrogens with one attached hydrogen (secondary N) is 4. The number of halogens is 1. The fraction of sp³-hybridized carbons (Fsp3) is 0.463. The number of anilines is 4. The number of aliphatic hydroxyl groups is 1. The number of aromatic nitrogens is 3. The van der Waals surface area contributed by atoms with Gasteiger partial charge in [0.25, 0.3) is 0 Å². The molecule has 2 aromatic heterocycles. The number of thiazole rings is 1. The van der Waals surface area contributed by atoms with Gasteiger partial charge in [-0.3, -0.25) is 19.2 Å². The molecule has 2 fully saturated rings. The largest absolute Gasteiger partial charge is 0.489 e. The standard InChI is InChI=1S/C54H68ClN9O9S2/c1-31(2)73-44-24-39(33(5)22-42(44)60-53-57-26-40(55)50(62-53)59-41-12-10-11-13-45(41)75(70,71)32(3)4)36-18-20-63(21-19-36)47(67)29-72-28-46(66)61-49(54(7,8)9)52(69)64-27-38(65)23-43(64)51(68)56-25-35-14-16-37(17-15-35)48-34(6)58-30-74-48/h10-17,22,24,26,30-32,36,38,43,49,65H,18-21,23,25,27-29H2,1-9H3,(H,56,68)(H,61,66)(H2,57,59,60,62)/t38-,43+,49-/m1/s1. The highest BCUT2D eigenvalue weighted by molar-refractivity contribution is 7.92. The predicted octanol–water partition coefficient (Wildman–Crippen LogP) is 7.86. The monoisotopic (exact) mass is 1090 g/mol. The Kier molecular flexibility index (Phi) is 18.3. The molecule has 5 aromatic rings. The third-order valence-corrected chi connectivity index (χ3v) is 16.7. The summed E-state index contributed by atoms with van der Waals surface area (Å²) < 4.78 is 38.2. The number of benzene rings is 3. The third-order valence-electron chi connectivity index (χ3n) is 13.2. The van der Waals surface area contributed by atoms with Gasteiger partial charge in [0.15, 0.2) is 15.7 Å². The first kappa shape index (κ1) is 56.5. The molecule has 4 amide bonds. The Morgan fingerprint density at radius 3 is 2.29 bits per heavy atom.